The van der Waals surface area contributed by atoms with Gasteiger partial charge in [-0.15, -0.1) is 0 Å². The third-order valence-electron chi connectivity index (χ3n) is 4.68. The molecule has 0 N–H and O–H groups in total. The van der Waals surface area contributed by atoms with E-state index >= 15 is 0 Å². The normalized spacial score (nSPS) is 22.9. The summed E-state index contributed by atoms with van der Waals surface area (Å²) in [6.45, 7) is 16.9. The maximum absolute atomic E-state index is 6.61. The number of ether oxygens (including phenoxy) is 1. The van der Waals surface area contributed by atoms with Gasteiger partial charge in [0.05, 0.1) is 0 Å². The summed E-state index contributed by atoms with van der Waals surface area (Å²) >= 11 is 4.17. The molecule has 0 aromatic heterocycles. The Balaban J connectivity index is 0.00000338. The fraction of sp³-hybridized carbons (Fsp3) is 0.636. The molecule has 0 aliphatic heterocycles. The minimum absolute atomic E-state index is 0. The van der Waals surface area contributed by atoms with Crippen molar-refractivity contribution in [2.24, 2.45) is 10.8 Å². The van der Waals surface area contributed by atoms with Crippen LogP contribution in [-0.2, 0) is 25.2 Å². The van der Waals surface area contributed by atoms with Crippen LogP contribution in [0.15, 0.2) is 44.2 Å². The fourth-order valence-corrected chi connectivity index (χ4v) is 5.34. The van der Waals surface area contributed by atoms with Crippen molar-refractivity contribution >= 4 is 11.8 Å². The molecule has 2 rings (SSSR count). The molecule has 0 heterocycles. The van der Waals surface area contributed by atoms with E-state index in [1.165, 1.54) is 19.9 Å². The Bertz CT molecular complexity index is 636. The number of rotatable bonds is 5. The van der Waals surface area contributed by atoms with Gasteiger partial charge in [-0.3, -0.25) is 0 Å². The van der Waals surface area contributed by atoms with E-state index in [4.69, 9.17) is 4.74 Å². The molecule has 0 saturated carbocycles. The van der Waals surface area contributed by atoms with Gasteiger partial charge in [0.2, 0.25) is 0 Å². The van der Waals surface area contributed by atoms with Crippen LogP contribution in [0, 0.1) is 10.8 Å². The van der Waals surface area contributed by atoms with E-state index in [9.17, 15) is 0 Å². The van der Waals surface area contributed by atoms with Crippen LogP contribution in [0.1, 0.15) is 67.7 Å². The van der Waals surface area contributed by atoms with Crippen molar-refractivity contribution in [3.63, 3.8) is 0 Å². The van der Waals surface area contributed by atoms with Crippen molar-refractivity contribution in [1.82, 2.24) is 0 Å². The average molecular weight is 464 g/mol. The van der Waals surface area contributed by atoms with E-state index in [0.717, 1.165) is 25.9 Å². The van der Waals surface area contributed by atoms with Gasteiger partial charge in [-0.1, -0.05) is 0 Å². The predicted molar refractivity (Wildman–Crippen MR) is 107 cm³/mol. The standard InChI is InChI=1S/C22H33OS.2ClH.Ti/c1-8-15-23-22(24-18-11-9-10-12-18)14-13-17(20(2,3)4)16-19(22)21(5,6)7;;;/h9,11,13,16H,8,10,14-15H2,1-7H3;2*1H;/q;;;+2/p-2. The summed E-state index contributed by atoms with van der Waals surface area (Å²) in [6.07, 6.45) is 12.4. The number of thioether (sulfide) groups is 1. The van der Waals surface area contributed by atoms with Crippen molar-refractivity contribution in [2.75, 3.05) is 6.61 Å². The van der Waals surface area contributed by atoms with E-state index in [1.807, 2.05) is 11.8 Å². The van der Waals surface area contributed by atoms with Crippen LogP contribution in [-0.4, -0.2) is 11.5 Å². The van der Waals surface area contributed by atoms with E-state index in [2.05, 4.69) is 93.2 Å². The number of allylic oxidation sites excluding steroid dienone is 5. The predicted octanol–water partition coefficient (Wildman–Crippen LogP) is 0.918. The van der Waals surface area contributed by atoms with Crippen LogP contribution >= 0.6 is 11.8 Å². The summed E-state index contributed by atoms with van der Waals surface area (Å²) in [5.74, 6) is 0. The van der Waals surface area contributed by atoms with Crippen LogP contribution in [0.25, 0.3) is 0 Å². The second-order valence-corrected chi connectivity index (χ2v) is 11.3. The van der Waals surface area contributed by atoms with Gasteiger partial charge >= 0.3 is 171 Å². The first-order valence-corrected chi connectivity index (χ1v) is 11.0. The Labute approximate surface area is 195 Å². The van der Waals surface area contributed by atoms with Crippen LogP contribution < -0.4 is 24.8 Å². The maximum atomic E-state index is 6.61. The zero-order valence-electron chi connectivity index (χ0n) is 17.7. The smallest absolute Gasteiger partial charge is 1.00 e. The van der Waals surface area contributed by atoms with E-state index in [1.54, 1.807) is 0 Å². The quantitative estimate of drug-likeness (QED) is 0.442. The minimum Gasteiger partial charge on any atom is -1.00 e. The monoisotopic (exact) mass is 463 g/mol. The molecule has 1 unspecified atom stereocenters. The molecule has 0 bridgehead atoms. The molecule has 5 heteroatoms. The van der Waals surface area contributed by atoms with Gasteiger partial charge in [0.1, 0.15) is 0 Å². The molecule has 0 saturated heterocycles. The molecule has 1 atom stereocenters. The minimum atomic E-state index is -0.283. The molecular formula is C22H33Cl2OSTi. The van der Waals surface area contributed by atoms with Crippen molar-refractivity contribution in [2.45, 2.75) is 72.7 Å². The fourth-order valence-electron chi connectivity index (χ4n) is 3.28. The summed E-state index contributed by atoms with van der Waals surface area (Å²) in [5.41, 5.74) is 3.09. The zero-order valence-corrected chi connectivity index (χ0v) is 21.6. The van der Waals surface area contributed by atoms with E-state index in [-0.39, 0.29) is 40.6 Å². The number of hydrogen-bond acceptors (Lipinski definition) is 2. The van der Waals surface area contributed by atoms with Gasteiger partial charge in [0.25, 0.3) is 0 Å². The van der Waals surface area contributed by atoms with Crippen LogP contribution in [0.4, 0.5) is 0 Å². The Morgan fingerprint density at radius 1 is 1.11 bits per heavy atom. The van der Waals surface area contributed by atoms with Crippen LogP contribution in [0.2, 0.25) is 0 Å². The second-order valence-electron chi connectivity index (χ2n) is 9.07. The SMILES string of the molecule is CCCOC1(SC2=[C]([Ti+2])CC=C2)CC=C(C(C)(C)C)C=C1C(C)(C)C.[Cl-].[Cl-]. The maximum Gasteiger partial charge on any atom is -1.00 e. The van der Waals surface area contributed by atoms with Gasteiger partial charge in [0.15, 0.2) is 0 Å². The van der Waals surface area contributed by atoms with Crippen molar-refractivity contribution in [3.05, 3.63) is 44.2 Å². The first-order valence-electron chi connectivity index (χ1n) is 9.37. The largest absolute Gasteiger partial charge is 1.00 e. The molecule has 0 radical (unpaired) electrons. The molecule has 2 aliphatic carbocycles. The zero-order chi connectivity index (χ0) is 18.9. The molecule has 0 aromatic carbocycles. The molecule has 0 spiro atoms. The molecule has 0 fully saturated rings. The molecule has 27 heavy (non-hydrogen) atoms. The van der Waals surface area contributed by atoms with Gasteiger partial charge in [-0.2, -0.15) is 0 Å². The Kier molecular flexibility index (Phi) is 10.8. The summed E-state index contributed by atoms with van der Waals surface area (Å²) in [6, 6.07) is 0. The van der Waals surface area contributed by atoms with E-state index in [0.29, 0.717) is 0 Å². The molecule has 1 nitrogen and oxygen atoms in total. The van der Waals surface area contributed by atoms with Gasteiger partial charge in [-0.05, 0) is 0 Å². The first kappa shape index (κ1) is 27.6. The summed E-state index contributed by atoms with van der Waals surface area (Å²) in [7, 11) is 0. The summed E-state index contributed by atoms with van der Waals surface area (Å²) in [4.78, 5) is 1.10. The second kappa shape index (κ2) is 10.6. The molecule has 151 valence electrons. The van der Waals surface area contributed by atoms with Gasteiger partial charge < -0.3 is 24.8 Å². The molecule has 0 amide bonds. The van der Waals surface area contributed by atoms with Crippen LogP contribution in [0.5, 0.6) is 0 Å². The summed E-state index contributed by atoms with van der Waals surface area (Å²) in [5, 5.41) is 0. The summed E-state index contributed by atoms with van der Waals surface area (Å²) < 4.78 is 8.07. The Morgan fingerprint density at radius 3 is 2.19 bits per heavy atom. The van der Waals surface area contributed by atoms with Crippen LogP contribution in [0.3, 0.4) is 0 Å². The Hall–Kier alpha value is 0.564. The van der Waals surface area contributed by atoms with E-state index < -0.39 is 0 Å². The third-order valence-corrected chi connectivity index (χ3v) is 7.14. The molecular weight excluding hydrogens is 431 g/mol. The molecule has 2 aliphatic rings. The average Bonchev–Trinajstić information content (AvgIpc) is 2.88. The number of hydrogen-bond donors (Lipinski definition) is 0. The van der Waals surface area contributed by atoms with Crippen molar-refractivity contribution in [3.8, 4) is 0 Å². The first-order chi connectivity index (χ1) is 11.5. The topological polar surface area (TPSA) is 9.23 Å². The van der Waals surface area contributed by atoms with Crippen molar-refractivity contribution in [1.29, 1.82) is 0 Å². The number of halogens is 2. The molecule has 0 aromatic rings. The third kappa shape index (κ3) is 6.80. The van der Waals surface area contributed by atoms with Crippen molar-refractivity contribution < 1.29 is 50.0 Å². The Morgan fingerprint density at radius 2 is 1.74 bits per heavy atom. The van der Waals surface area contributed by atoms with Gasteiger partial charge in [-0.25, -0.2) is 0 Å². The van der Waals surface area contributed by atoms with Gasteiger partial charge in [0, 0.05) is 0 Å².